The van der Waals surface area contributed by atoms with Gasteiger partial charge in [-0.15, -0.1) is 0 Å². The fourth-order valence-electron chi connectivity index (χ4n) is 0.480. The average Bonchev–Trinajstić information content (AvgIpc) is 1.81. The summed E-state index contributed by atoms with van der Waals surface area (Å²) in [6, 6.07) is 0. The molecule has 0 saturated heterocycles. The highest BCUT2D eigenvalue weighted by molar-refractivity contribution is 8.72. The molecule has 0 rings (SSSR count). The molecule has 0 spiro atoms. The molecule has 0 unspecified atom stereocenters. The minimum Gasteiger partial charge on any atom is -0.218 e. The molecule has 0 aromatic heterocycles. The number of hydrogen-bond donors (Lipinski definition) is 0. The lowest BCUT2D eigenvalue weighted by atomic mass is 10.6. The summed E-state index contributed by atoms with van der Waals surface area (Å²) >= 11 is 0. The van der Waals surface area contributed by atoms with E-state index in [9.17, 15) is 16.8 Å². The van der Waals surface area contributed by atoms with Crippen LogP contribution < -0.4 is 0 Å². The molecule has 0 aliphatic heterocycles. The minimum atomic E-state index is -2.98. The van der Waals surface area contributed by atoms with E-state index in [1.807, 2.05) is 0 Å². The van der Waals surface area contributed by atoms with E-state index in [0.29, 0.717) is 17.9 Å². The van der Waals surface area contributed by atoms with Gasteiger partial charge in [0.1, 0.15) is 0 Å². The minimum absolute atomic E-state index is 0.446. The first kappa shape index (κ1) is 13.6. The molecule has 0 aliphatic rings. The van der Waals surface area contributed by atoms with Crippen LogP contribution in [0.25, 0.3) is 0 Å². The van der Waals surface area contributed by atoms with Crippen molar-refractivity contribution in [3.8, 4) is 0 Å². The van der Waals surface area contributed by atoms with E-state index >= 15 is 0 Å². The Balaban J connectivity index is 3.50. The van der Waals surface area contributed by atoms with Gasteiger partial charge in [0.05, 0.1) is 0 Å². The lowest BCUT2D eigenvalue weighted by Crippen LogP contribution is -1.95. The van der Waals surface area contributed by atoms with E-state index in [-0.39, 0.29) is 0 Å². The second-order valence-electron chi connectivity index (χ2n) is 2.41. The standard InChI is InChI=1S/C5H12O4S4/c1-12(6,7)10-4-3-5-11-13(2,8)9/h3-5H2,1-2H3. The van der Waals surface area contributed by atoms with Gasteiger partial charge in [0.25, 0.3) is 0 Å². The van der Waals surface area contributed by atoms with Gasteiger partial charge in [-0.3, -0.25) is 0 Å². The summed E-state index contributed by atoms with van der Waals surface area (Å²) < 4.78 is 42.5. The zero-order valence-electron chi connectivity index (χ0n) is 7.39. The van der Waals surface area contributed by atoms with E-state index in [2.05, 4.69) is 0 Å². The maximum atomic E-state index is 10.6. The molecule has 0 amide bonds. The molecule has 0 aliphatic carbocycles. The van der Waals surface area contributed by atoms with E-state index in [0.717, 1.165) is 34.1 Å². The summed E-state index contributed by atoms with van der Waals surface area (Å²) in [6.45, 7) is 0. The van der Waals surface area contributed by atoms with Crippen LogP contribution in [0.2, 0.25) is 0 Å². The summed E-state index contributed by atoms with van der Waals surface area (Å²) in [7, 11) is -4.27. The van der Waals surface area contributed by atoms with Gasteiger partial charge in [0.15, 0.2) is 17.7 Å². The first-order chi connectivity index (χ1) is 5.71. The second kappa shape index (κ2) is 5.47. The first-order valence-electron chi connectivity index (χ1n) is 3.39. The van der Waals surface area contributed by atoms with Crippen molar-refractivity contribution in [2.75, 3.05) is 24.0 Å². The highest BCUT2D eigenvalue weighted by atomic mass is 33.1. The molecule has 0 aromatic carbocycles. The summed E-state index contributed by atoms with van der Waals surface area (Å²) in [5, 5.41) is 0. The van der Waals surface area contributed by atoms with Crippen molar-refractivity contribution >= 4 is 39.3 Å². The highest BCUT2D eigenvalue weighted by Crippen LogP contribution is 2.15. The normalized spacial score (nSPS) is 13.1. The SMILES string of the molecule is CS(=O)(=O)SCCCSS(C)(=O)=O. The zero-order chi connectivity index (χ0) is 10.5. The molecule has 0 heterocycles. The third-order valence-electron chi connectivity index (χ3n) is 0.883. The van der Waals surface area contributed by atoms with Crippen LogP contribution in [-0.2, 0) is 17.7 Å². The van der Waals surface area contributed by atoms with Gasteiger partial charge in [0, 0.05) is 24.0 Å². The van der Waals surface area contributed by atoms with E-state index in [1.165, 1.54) is 0 Å². The molecule has 0 radical (unpaired) electrons. The van der Waals surface area contributed by atoms with Crippen molar-refractivity contribution in [2.24, 2.45) is 0 Å². The van der Waals surface area contributed by atoms with Crippen molar-refractivity contribution < 1.29 is 16.8 Å². The van der Waals surface area contributed by atoms with Gasteiger partial charge in [-0.05, 0) is 28.0 Å². The molecule has 0 saturated carbocycles. The Kier molecular flexibility index (Phi) is 5.73. The monoisotopic (exact) mass is 264 g/mol. The fraction of sp³-hybridized carbons (Fsp3) is 1.00. The fourth-order valence-corrected chi connectivity index (χ4v) is 4.32. The Morgan fingerprint density at radius 1 is 0.846 bits per heavy atom. The van der Waals surface area contributed by atoms with Crippen LogP contribution in [0.5, 0.6) is 0 Å². The second-order valence-corrected chi connectivity index (χ2v) is 11.6. The number of hydrogen-bond acceptors (Lipinski definition) is 6. The first-order valence-corrected chi connectivity index (χ1v) is 10.2. The lowest BCUT2D eigenvalue weighted by Gasteiger charge is -1.98. The topological polar surface area (TPSA) is 68.3 Å². The van der Waals surface area contributed by atoms with Gasteiger partial charge in [0.2, 0.25) is 0 Å². The van der Waals surface area contributed by atoms with Gasteiger partial charge in [-0.25, -0.2) is 16.8 Å². The Labute approximate surface area is 86.5 Å². The van der Waals surface area contributed by atoms with Crippen LogP contribution in [0.3, 0.4) is 0 Å². The van der Waals surface area contributed by atoms with Crippen molar-refractivity contribution in [3.63, 3.8) is 0 Å². The Morgan fingerprint density at radius 2 is 1.15 bits per heavy atom. The maximum Gasteiger partial charge on any atom is 0.198 e. The molecule has 0 fully saturated rings. The molecular formula is C5H12O4S4. The molecule has 80 valence electrons. The molecule has 13 heavy (non-hydrogen) atoms. The van der Waals surface area contributed by atoms with E-state index in [1.54, 1.807) is 0 Å². The number of rotatable bonds is 6. The Morgan fingerprint density at radius 3 is 1.38 bits per heavy atom. The average molecular weight is 264 g/mol. The van der Waals surface area contributed by atoms with Crippen molar-refractivity contribution in [3.05, 3.63) is 0 Å². The van der Waals surface area contributed by atoms with Gasteiger partial charge in [-0.1, -0.05) is 0 Å². The predicted molar refractivity (Wildman–Crippen MR) is 59.2 cm³/mol. The quantitative estimate of drug-likeness (QED) is 0.521. The van der Waals surface area contributed by atoms with E-state index < -0.39 is 17.7 Å². The van der Waals surface area contributed by atoms with Crippen LogP contribution >= 0.6 is 21.6 Å². The van der Waals surface area contributed by atoms with Gasteiger partial charge < -0.3 is 0 Å². The van der Waals surface area contributed by atoms with Crippen LogP contribution in [-0.4, -0.2) is 40.9 Å². The summed E-state index contributed by atoms with van der Waals surface area (Å²) in [4.78, 5) is 0. The van der Waals surface area contributed by atoms with Crippen LogP contribution in [0.4, 0.5) is 0 Å². The molecule has 0 atom stereocenters. The Bertz CT molecular complexity index is 294. The maximum absolute atomic E-state index is 10.6. The summed E-state index contributed by atoms with van der Waals surface area (Å²) in [5.74, 6) is 0.892. The van der Waals surface area contributed by atoms with Crippen molar-refractivity contribution in [1.29, 1.82) is 0 Å². The van der Waals surface area contributed by atoms with Gasteiger partial charge >= 0.3 is 0 Å². The van der Waals surface area contributed by atoms with Crippen molar-refractivity contribution in [2.45, 2.75) is 6.42 Å². The predicted octanol–water partition coefficient (Wildman–Crippen LogP) is 0.762. The smallest absolute Gasteiger partial charge is 0.198 e. The van der Waals surface area contributed by atoms with Crippen LogP contribution in [0, 0.1) is 0 Å². The van der Waals surface area contributed by atoms with Crippen molar-refractivity contribution in [1.82, 2.24) is 0 Å². The molecule has 8 heteroatoms. The third-order valence-corrected chi connectivity index (χ3v) is 6.22. The zero-order valence-corrected chi connectivity index (χ0v) is 10.7. The molecule has 0 bridgehead atoms. The molecular weight excluding hydrogens is 252 g/mol. The summed E-state index contributed by atoms with van der Waals surface area (Å²) in [5.41, 5.74) is 0. The largest absolute Gasteiger partial charge is 0.218 e. The van der Waals surface area contributed by atoms with E-state index in [4.69, 9.17) is 0 Å². The van der Waals surface area contributed by atoms with Gasteiger partial charge in [-0.2, -0.15) is 0 Å². The third kappa shape index (κ3) is 12.6. The highest BCUT2D eigenvalue weighted by Gasteiger charge is 2.04. The molecule has 0 aromatic rings. The molecule has 0 N–H and O–H groups in total. The molecule has 4 nitrogen and oxygen atoms in total. The summed E-state index contributed by atoms with van der Waals surface area (Å²) in [6.07, 6.45) is 2.86. The van der Waals surface area contributed by atoms with Crippen LogP contribution in [0.1, 0.15) is 6.42 Å². The van der Waals surface area contributed by atoms with Crippen LogP contribution in [0.15, 0.2) is 0 Å². The lowest BCUT2D eigenvalue weighted by molar-refractivity contribution is 0.614. The Hall–Kier alpha value is 0.600.